The van der Waals surface area contributed by atoms with E-state index in [0.29, 0.717) is 43.9 Å². The molecule has 35 heavy (non-hydrogen) atoms. The van der Waals surface area contributed by atoms with Crippen molar-refractivity contribution < 1.29 is 18.8 Å². The minimum Gasteiger partial charge on any atom is -0.339 e. The number of hydrogen-bond acceptors (Lipinski definition) is 4. The lowest BCUT2D eigenvalue weighted by atomic mass is 9.90. The van der Waals surface area contributed by atoms with Crippen LogP contribution in [-0.4, -0.2) is 65.3 Å². The lowest BCUT2D eigenvalue weighted by Gasteiger charge is -2.35. The number of amides is 4. The number of halogens is 1. The van der Waals surface area contributed by atoms with E-state index in [-0.39, 0.29) is 18.3 Å². The minimum atomic E-state index is -1.24. The van der Waals surface area contributed by atoms with E-state index in [1.807, 2.05) is 48.5 Å². The number of nitrogens with one attached hydrogen (secondary N) is 1. The summed E-state index contributed by atoms with van der Waals surface area (Å²) in [5.74, 6) is -0.954. The zero-order valence-electron chi connectivity index (χ0n) is 19.5. The van der Waals surface area contributed by atoms with Crippen molar-refractivity contribution in [3.63, 3.8) is 0 Å². The van der Waals surface area contributed by atoms with E-state index in [1.54, 1.807) is 24.0 Å². The van der Waals surface area contributed by atoms with Crippen LogP contribution >= 0.6 is 0 Å². The van der Waals surface area contributed by atoms with Crippen LogP contribution in [0.1, 0.15) is 18.1 Å². The largest absolute Gasteiger partial charge is 0.339 e. The van der Waals surface area contributed by atoms with Crippen LogP contribution in [0.15, 0.2) is 66.7 Å². The lowest BCUT2D eigenvalue weighted by Crippen LogP contribution is -2.51. The summed E-state index contributed by atoms with van der Waals surface area (Å²) >= 11 is 0. The van der Waals surface area contributed by atoms with Crippen molar-refractivity contribution in [2.24, 2.45) is 0 Å². The van der Waals surface area contributed by atoms with Gasteiger partial charge in [-0.25, -0.2) is 9.18 Å². The maximum Gasteiger partial charge on any atom is 0.325 e. The number of imide groups is 1. The molecular weight excluding hydrogens is 447 g/mol. The van der Waals surface area contributed by atoms with Gasteiger partial charge in [0.15, 0.2) is 0 Å². The second-order valence-corrected chi connectivity index (χ2v) is 9.26. The maximum atomic E-state index is 13.9. The first kappa shape index (κ1) is 23.0. The van der Waals surface area contributed by atoms with Crippen LogP contribution in [-0.2, 0) is 21.7 Å². The Morgan fingerprint density at radius 1 is 0.943 bits per heavy atom. The predicted molar refractivity (Wildman–Crippen MR) is 130 cm³/mol. The lowest BCUT2D eigenvalue weighted by molar-refractivity contribution is -0.139. The highest BCUT2D eigenvalue weighted by atomic mass is 19.1. The first-order valence-corrected chi connectivity index (χ1v) is 11.7. The van der Waals surface area contributed by atoms with Gasteiger partial charge in [-0.2, -0.15) is 0 Å². The molecule has 5 rings (SSSR count). The SMILES string of the molecule is CC1(c2ccc3ccccc3c2)NC(=O)N(CC(=O)N2CCN(Cc3ccccc3F)CC2)C1=O. The standard InChI is InChI=1S/C27H27FN4O3/c1-27(22-11-10-19-6-2-3-7-20(19)16-22)25(34)32(26(35)29-27)18-24(33)31-14-12-30(13-15-31)17-21-8-4-5-9-23(21)28/h2-11,16H,12-15,17-18H2,1H3,(H,29,35). The van der Waals surface area contributed by atoms with E-state index in [2.05, 4.69) is 10.2 Å². The summed E-state index contributed by atoms with van der Waals surface area (Å²) in [6.07, 6.45) is 0. The smallest absolute Gasteiger partial charge is 0.325 e. The Hall–Kier alpha value is -3.78. The first-order valence-electron chi connectivity index (χ1n) is 11.7. The normalized spacial score (nSPS) is 21.0. The molecule has 2 aliphatic rings. The third kappa shape index (κ3) is 4.37. The van der Waals surface area contributed by atoms with Crippen LogP contribution in [0.5, 0.6) is 0 Å². The summed E-state index contributed by atoms with van der Waals surface area (Å²) in [4.78, 5) is 43.7. The van der Waals surface area contributed by atoms with Gasteiger partial charge in [0.2, 0.25) is 5.91 Å². The molecule has 8 heteroatoms. The molecule has 0 spiro atoms. The van der Waals surface area contributed by atoms with E-state index in [9.17, 15) is 18.8 Å². The monoisotopic (exact) mass is 474 g/mol. The summed E-state index contributed by atoms with van der Waals surface area (Å²) in [6.45, 7) is 3.94. The molecule has 4 amide bonds. The van der Waals surface area contributed by atoms with E-state index in [4.69, 9.17) is 0 Å². The van der Waals surface area contributed by atoms with Gasteiger partial charge in [-0.1, -0.05) is 54.6 Å². The minimum absolute atomic E-state index is 0.237. The van der Waals surface area contributed by atoms with Crippen molar-refractivity contribution in [2.45, 2.75) is 19.0 Å². The van der Waals surface area contributed by atoms with Crippen LogP contribution in [0.25, 0.3) is 10.8 Å². The Labute approximate surface area is 203 Å². The highest BCUT2D eigenvalue weighted by molar-refractivity contribution is 6.09. The molecule has 1 atom stereocenters. The number of carbonyl (C=O) groups excluding carboxylic acids is 3. The highest BCUT2D eigenvalue weighted by Crippen LogP contribution is 2.31. The second-order valence-electron chi connectivity index (χ2n) is 9.26. The Balaban J connectivity index is 1.22. The van der Waals surface area contributed by atoms with Crippen LogP contribution in [0.3, 0.4) is 0 Å². The number of rotatable bonds is 5. The number of nitrogens with zero attached hydrogens (tertiary/aromatic N) is 3. The summed E-state index contributed by atoms with van der Waals surface area (Å²) < 4.78 is 13.9. The van der Waals surface area contributed by atoms with Crippen molar-refractivity contribution >= 4 is 28.6 Å². The number of carbonyl (C=O) groups is 3. The van der Waals surface area contributed by atoms with Gasteiger partial charge in [-0.3, -0.25) is 19.4 Å². The topological polar surface area (TPSA) is 73.0 Å². The average molecular weight is 475 g/mol. The number of hydrogen-bond donors (Lipinski definition) is 1. The molecule has 2 saturated heterocycles. The van der Waals surface area contributed by atoms with Crippen LogP contribution in [0, 0.1) is 5.82 Å². The summed E-state index contributed by atoms with van der Waals surface area (Å²) in [5, 5.41) is 4.79. The molecule has 1 N–H and O–H groups in total. The summed E-state index contributed by atoms with van der Waals surface area (Å²) in [6, 6.07) is 19.6. The third-order valence-electron chi connectivity index (χ3n) is 6.97. The van der Waals surface area contributed by atoms with Crippen molar-refractivity contribution in [3.8, 4) is 0 Å². The fraction of sp³-hybridized carbons (Fsp3) is 0.296. The van der Waals surface area contributed by atoms with Gasteiger partial charge in [-0.05, 0) is 35.4 Å². The molecule has 1 unspecified atom stereocenters. The molecule has 0 saturated carbocycles. The van der Waals surface area contributed by atoms with Crippen LogP contribution in [0.4, 0.5) is 9.18 Å². The zero-order chi connectivity index (χ0) is 24.6. The Bertz CT molecular complexity index is 1300. The third-order valence-corrected chi connectivity index (χ3v) is 6.97. The van der Waals surface area contributed by atoms with Gasteiger partial charge in [0, 0.05) is 38.3 Å². The Morgan fingerprint density at radius 2 is 1.63 bits per heavy atom. The zero-order valence-corrected chi connectivity index (χ0v) is 19.5. The molecule has 0 bridgehead atoms. The molecule has 0 radical (unpaired) electrons. The molecule has 2 fully saturated rings. The number of fused-ring (bicyclic) bond motifs is 1. The van der Waals surface area contributed by atoms with Gasteiger partial charge in [-0.15, -0.1) is 0 Å². The van der Waals surface area contributed by atoms with Crippen molar-refractivity contribution in [1.29, 1.82) is 0 Å². The predicted octanol–water partition coefficient (Wildman–Crippen LogP) is 3.09. The number of benzene rings is 3. The van der Waals surface area contributed by atoms with E-state index in [0.717, 1.165) is 15.7 Å². The summed E-state index contributed by atoms with van der Waals surface area (Å²) in [5.41, 5.74) is 0.0608. The molecule has 2 aliphatic heterocycles. The maximum absolute atomic E-state index is 13.9. The van der Waals surface area contributed by atoms with E-state index in [1.165, 1.54) is 6.07 Å². The van der Waals surface area contributed by atoms with Gasteiger partial charge in [0.25, 0.3) is 5.91 Å². The molecule has 0 aromatic heterocycles. The fourth-order valence-corrected chi connectivity index (χ4v) is 4.79. The van der Waals surface area contributed by atoms with Crippen molar-refractivity contribution in [1.82, 2.24) is 20.0 Å². The molecule has 2 heterocycles. The fourth-order valence-electron chi connectivity index (χ4n) is 4.79. The van der Waals surface area contributed by atoms with Gasteiger partial charge in [0.1, 0.15) is 17.9 Å². The first-order chi connectivity index (χ1) is 16.8. The van der Waals surface area contributed by atoms with Gasteiger partial charge < -0.3 is 10.2 Å². The number of piperazine rings is 1. The Kier molecular flexibility index (Phi) is 5.98. The molecule has 180 valence electrons. The van der Waals surface area contributed by atoms with Crippen molar-refractivity contribution in [3.05, 3.63) is 83.7 Å². The van der Waals surface area contributed by atoms with Crippen LogP contribution in [0.2, 0.25) is 0 Å². The Morgan fingerprint density at radius 3 is 2.37 bits per heavy atom. The second kappa shape index (κ2) is 9.11. The molecule has 0 aliphatic carbocycles. The molecule has 7 nitrogen and oxygen atoms in total. The summed E-state index contributed by atoms with van der Waals surface area (Å²) in [7, 11) is 0. The average Bonchev–Trinajstić information content (AvgIpc) is 3.09. The van der Waals surface area contributed by atoms with Gasteiger partial charge in [0.05, 0.1) is 0 Å². The van der Waals surface area contributed by atoms with Crippen LogP contribution < -0.4 is 5.32 Å². The quantitative estimate of drug-likeness (QED) is 0.577. The van der Waals surface area contributed by atoms with Crippen molar-refractivity contribution in [2.75, 3.05) is 32.7 Å². The van der Waals surface area contributed by atoms with Gasteiger partial charge >= 0.3 is 6.03 Å². The molecule has 3 aromatic carbocycles. The van der Waals surface area contributed by atoms with E-state index >= 15 is 0 Å². The number of urea groups is 1. The molecular formula is C27H27FN4O3. The van der Waals surface area contributed by atoms with E-state index < -0.39 is 17.5 Å². The molecule has 3 aromatic rings. The highest BCUT2D eigenvalue weighted by Gasteiger charge is 2.49.